The number of hydrogen-bond acceptors (Lipinski definition) is 6. The monoisotopic (exact) mass is 353 g/mol. The Morgan fingerprint density at radius 2 is 2.35 bits per heavy atom. The maximum absolute atomic E-state index is 11.8. The highest BCUT2D eigenvalue weighted by atomic mass is 35.5. The smallest absolute Gasteiger partial charge is 0.246 e. The molecular weight excluding hydrogens is 338 g/mol. The van der Waals surface area contributed by atoms with Crippen LogP contribution in [0.25, 0.3) is 0 Å². The summed E-state index contributed by atoms with van der Waals surface area (Å²) in [6, 6.07) is 3.11. The summed E-state index contributed by atoms with van der Waals surface area (Å²) in [4.78, 5) is 16.0. The predicted molar refractivity (Wildman–Crippen MR) is 90.6 cm³/mol. The highest BCUT2D eigenvalue weighted by molar-refractivity contribution is 7.09. The molecular formula is C15H16ClN3O3S. The number of carbonyl (C=O) groups is 1. The van der Waals surface area contributed by atoms with Crippen LogP contribution in [-0.2, 0) is 11.2 Å². The van der Waals surface area contributed by atoms with Crippen molar-refractivity contribution in [2.24, 2.45) is 5.10 Å². The lowest BCUT2D eigenvalue weighted by molar-refractivity contribution is -0.120. The number of rotatable bonds is 6. The number of thiazole rings is 1. The molecule has 0 saturated heterocycles. The standard InChI is InChI=1S/C15H16ClN3O3S/c1-3-22-13-5-10(4-12(16)15(13)21)7-17-19-14(20)6-11-8-23-9(2)18-11/h4-5,7-8,21H,3,6H2,1-2H3,(H,19,20)/b17-7+. The van der Waals surface area contributed by atoms with Crippen LogP contribution in [0.2, 0.25) is 5.02 Å². The van der Waals surface area contributed by atoms with Crippen molar-refractivity contribution in [3.05, 3.63) is 38.8 Å². The third kappa shape index (κ3) is 4.94. The average molecular weight is 354 g/mol. The van der Waals surface area contributed by atoms with Crippen molar-refractivity contribution in [1.29, 1.82) is 0 Å². The van der Waals surface area contributed by atoms with Gasteiger partial charge in [-0.2, -0.15) is 5.10 Å². The van der Waals surface area contributed by atoms with E-state index in [4.69, 9.17) is 16.3 Å². The normalized spacial score (nSPS) is 10.9. The first kappa shape index (κ1) is 17.2. The second kappa shape index (κ2) is 7.94. The third-order valence-corrected chi connectivity index (χ3v) is 3.87. The highest BCUT2D eigenvalue weighted by Crippen LogP contribution is 2.34. The van der Waals surface area contributed by atoms with Crippen molar-refractivity contribution in [3.8, 4) is 11.5 Å². The zero-order valence-electron chi connectivity index (χ0n) is 12.7. The number of aromatic nitrogens is 1. The van der Waals surface area contributed by atoms with Gasteiger partial charge in [-0.25, -0.2) is 10.4 Å². The van der Waals surface area contributed by atoms with E-state index in [1.807, 2.05) is 12.3 Å². The molecule has 0 atom stereocenters. The van der Waals surface area contributed by atoms with Gasteiger partial charge in [0.25, 0.3) is 0 Å². The van der Waals surface area contributed by atoms with E-state index < -0.39 is 0 Å². The van der Waals surface area contributed by atoms with E-state index in [0.29, 0.717) is 17.9 Å². The number of aromatic hydroxyl groups is 1. The lowest BCUT2D eigenvalue weighted by Crippen LogP contribution is -2.19. The van der Waals surface area contributed by atoms with Crippen molar-refractivity contribution in [2.45, 2.75) is 20.3 Å². The number of ether oxygens (including phenoxy) is 1. The molecule has 0 aliphatic rings. The van der Waals surface area contributed by atoms with E-state index in [2.05, 4.69) is 15.5 Å². The van der Waals surface area contributed by atoms with Crippen LogP contribution in [0, 0.1) is 6.92 Å². The largest absolute Gasteiger partial charge is 0.503 e. The molecule has 6 nitrogen and oxygen atoms in total. The summed E-state index contributed by atoms with van der Waals surface area (Å²) in [5.41, 5.74) is 3.74. The predicted octanol–water partition coefficient (Wildman–Crippen LogP) is 2.90. The molecule has 0 spiro atoms. The van der Waals surface area contributed by atoms with Gasteiger partial charge < -0.3 is 9.84 Å². The fourth-order valence-corrected chi connectivity index (χ4v) is 2.64. The lowest BCUT2D eigenvalue weighted by atomic mass is 10.2. The zero-order valence-corrected chi connectivity index (χ0v) is 14.2. The fraction of sp³-hybridized carbons (Fsp3) is 0.267. The number of halogens is 1. The van der Waals surface area contributed by atoms with Crippen LogP contribution in [0.1, 0.15) is 23.2 Å². The quantitative estimate of drug-likeness (QED) is 0.617. The highest BCUT2D eigenvalue weighted by Gasteiger charge is 2.09. The van der Waals surface area contributed by atoms with Gasteiger partial charge in [-0.1, -0.05) is 11.6 Å². The van der Waals surface area contributed by atoms with Gasteiger partial charge in [0, 0.05) is 5.38 Å². The third-order valence-electron chi connectivity index (χ3n) is 2.76. The Bertz CT molecular complexity index is 731. The maximum Gasteiger partial charge on any atom is 0.246 e. The van der Waals surface area contributed by atoms with Crippen LogP contribution >= 0.6 is 22.9 Å². The molecule has 1 amide bonds. The Morgan fingerprint density at radius 3 is 3.00 bits per heavy atom. The molecule has 1 aromatic heterocycles. The van der Waals surface area contributed by atoms with Gasteiger partial charge in [0.15, 0.2) is 11.5 Å². The number of phenolic OH excluding ortho intramolecular Hbond substituents is 1. The molecule has 2 rings (SSSR count). The average Bonchev–Trinajstić information content (AvgIpc) is 2.89. The van der Waals surface area contributed by atoms with E-state index >= 15 is 0 Å². The number of benzene rings is 1. The minimum Gasteiger partial charge on any atom is -0.503 e. The summed E-state index contributed by atoms with van der Waals surface area (Å²) in [6.07, 6.45) is 1.60. The van der Waals surface area contributed by atoms with Crippen LogP contribution in [0.4, 0.5) is 0 Å². The van der Waals surface area contributed by atoms with Gasteiger partial charge >= 0.3 is 0 Å². The number of phenols is 1. The van der Waals surface area contributed by atoms with Gasteiger partial charge in [0.1, 0.15) is 0 Å². The molecule has 0 unspecified atom stereocenters. The molecule has 8 heteroatoms. The number of hydrogen-bond donors (Lipinski definition) is 2. The first-order valence-corrected chi connectivity index (χ1v) is 8.13. The molecule has 0 aliphatic carbocycles. The summed E-state index contributed by atoms with van der Waals surface area (Å²) in [6.45, 7) is 4.08. The molecule has 0 aliphatic heterocycles. The number of aryl methyl sites for hydroxylation is 1. The molecule has 2 aromatic rings. The van der Waals surface area contributed by atoms with Gasteiger partial charge in [-0.05, 0) is 31.5 Å². The molecule has 122 valence electrons. The summed E-state index contributed by atoms with van der Waals surface area (Å²) in [5.74, 6) is -0.110. The second-order valence-electron chi connectivity index (χ2n) is 4.61. The number of hydrazone groups is 1. The Labute approximate surface area is 142 Å². The lowest BCUT2D eigenvalue weighted by Gasteiger charge is -2.08. The minimum absolute atomic E-state index is 0.117. The molecule has 0 saturated carbocycles. The van der Waals surface area contributed by atoms with E-state index in [1.54, 1.807) is 13.0 Å². The molecule has 1 aromatic carbocycles. The van der Waals surface area contributed by atoms with E-state index in [9.17, 15) is 9.90 Å². The molecule has 1 heterocycles. The van der Waals surface area contributed by atoms with E-state index in [0.717, 1.165) is 5.01 Å². The zero-order chi connectivity index (χ0) is 16.8. The van der Waals surface area contributed by atoms with Crippen LogP contribution in [-0.4, -0.2) is 28.8 Å². The molecule has 0 radical (unpaired) electrons. The summed E-state index contributed by atoms with van der Waals surface area (Å²) >= 11 is 7.41. The SMILES string of the molecule is CCOc1cc(/C=N/NC(=O)Cc2csc(C)n2)cc(Cl)c1O. The Balaban J connectivity index is 1.98. The second-order valence-corrected chi connectivity index (χ2v) is 6.08. The van der Waals surface area contributed by atoms with Crippen LogP contribution in [0.5, 0.6) is 11.5 Å². The number of nitrogens with one attached hydrogen (secondary N) is 1. The minimum atomic E-state index is -0.263. The number of carbonyl (C=O) groups excluding carboxylic acids is 1. The number of nitrogens with zero attached hydrogens (tertiary/aromatic N) is 2. The molecule has 0 fully saturated rings. The first-order chi connectivity index (χ1) is 11.0. The molecule has 23 heavy (non-hydrogen) atoms. The topological polar surface area (TPSA) is 83.8 Å². The van der Waals surface area contributed by atoms with Crippen molar-refractivity contribution in [3.63, 3.8) is 0 Å². The molecule has 0 bridgehead atoms. The Morgan fingerprint density at radius 1 is 1.57 bits per heavy atom. The Kier molecular flexibility index (Phi) is 5.95. The van der Waals surface area contributed by atoms with E-state index in [-0.39, 0.29) is 28.8 Å². The van der Waals surface area contributed by atoms with Crippen molar-refractivity contribution in [1.82, 2.24) is 10.4 Å². The number of amides is 1. The first-order valence-electron chi connectivity index (χ1n) is 6.87. The Hall–Kier alpha value is -2.12. The van der Waals surface area contributed by atoms with Crippen molar-refractivity contribution in [2.75, 3.05) is 6.61 Å². The van der Waals surface area contributed by atoms with Gasteiger partial charge in [-0.3, -0.25) is 4.79 Å². The van der Waals surface area contributed by atoms with Crippen molar-refractivity contribution < 1.29 is 14.6 Å². The summed E-state index contributed by atoms with van der Waals surface area (Å²) in [5, 5.41) is 16.5. The van der Waals surface area contributed by atoms with Crippen LogP contribution < -0.4 is 10.2 Å². The maximum atomic E-state index is 11.8. The van der Waals surface area contributed by atoms with Crippen LogP contribution in [0.3, 0.4) is 0 Å². The van der Waals surface area contributed by atoms with Gasteiger partial charge in [-0.15, -0.1) is 11.3 Å². The van der Waals surface area contributed by atoms with Gasteiger partial charge in [0.05, 0.1) is 35.0 Å². The summed E-state index contributed by atoms with van der Waals surface area (Å²) < 4.78 is 5.28. The summed E-state index contributed by atoms with van der Waals surface area (Å²) in [7, 11) is 0. The molecule has 2 N–H and O–H groups in total. The van der Waals surface area contributed by atoms with Gasteiger partial charge in [0.2, 0.25) is 5.91 Å². The van der Waals surface area contributed by atoms with Crippen molar-refractivity contribution >= 4 is 35.1 Å². The van der Waals surface area contributed by atoms with Crippen LogP contribution in [0.15, 0.2) is 22.6 Å². The fourth-order valence-electron chi connectivity index (χ4n) is 1.81. The van der Waals surface area contributed by atoms with E-state index in [1.165, 1.54) is 23.6 Å².